The summed E-state index contributed by atoms with van der Waals surface area (Å²) >= 11 is 3.13. The van der Waals surface area contributed by atoms with Crippen molar-refractivity contribution in [2.24, 2.45) is 9.98 Å². The van der Waals surface area contributed by atoms with Crippen LogP contribution in [0.25, 0.3) is 0 Å². The predicted molar refractivity (Wildman–Crippen MR) is 125 cm³/mol. The van der Waals surface area contributed by atoms with E-state index in [0.29, 0.717) is 17.2 Å². The van der Waals surface area contributed by atoms with Crippen LogP contribution in [0.4, 0.5) is 5.69 Å². The molecule has 0 unspecified atom stereocenters. The molecule has 158 valence electrons. The van der Waals surface area contributed by atoms with Crippen molar-refractivity contribution >= 4 is 45.4 Å². The summed E-state index contributed by atoms with van der Waals surface area (Å²) in [5.41, 5.74) is 1.29. The quantitative estimate of drug-likeness (QED) is 0.682. The van der Waals surface area contributed by atoms with Gasteiger partial charge in [0.2, 0.25) is 5.91 Å². The van der Waals surface area contributed by atoms with Gasteiger partial charge in [-0.25, -0.2) is 4.99 Å². The van der Waals surface area contributed by atoms with Crippen LogP contribution in [0, 0.1) is 0 Å². The molecule has 2 aliphatic rings. The molecule has 4 rings (SSSR count). The molecule has 0 saturated heterocycles. The van der Waals surface area contributed by atoms with Gasteiger partial charge < -0.3 is 14.8 Å². The molecule has 0 atom stereocenters. The maximum absolute atomic E-state index is 12.6. The molecule has 0 bridgehead atoms. The van der Waals surface area contributed by atoms with Gasteiger partial charge in [-0.3, -0.25) is 9.79 Å². The summed E-state index contributed by atoms with van der Waals surface area (Å²) < 4.78 is 10.5. The molecular weight excluding hydrogens is 418 g/mol. The first-order valence-electron chi connectivity index (χ1n) is 10.0. The highest BCUT2D eigenvalue weighted by Crippen LogP contribution is 2.39. The van der Waals surface area contributed by atoms with E-state index in [-0.39, 0.29) is 17.3 Å². The number of amides is 1. The minimum absolute atomic E-state index is 0.0926. The number of anilines is 1. The summed E-state index contributed by atoms with van der Waals surface area (Å²) in [4.78, 5) is 23.8. The number of nitrogens with one attached hydrogen (secondary N) is 1. The number of methoxy groups -OCH3 is 2. The van der Waals surface area contributed by atoms with Gasteiger partial charge in [-0.2, -0.15) is 0 Å². The molecule has 1 aromatic carbocycles. The third-order valence-corrected chi connectivity index (χ3v) is 7.09. The van der Waals surface area contributed by atoms with Crippen LogP contribution >= 0.6 is 23.1 Å². The van der Waals surface area contributed by atoms with E-state index in [1.54, 1.807) is 43.8 Å². The Morgan fingerprint density at radius 1 is 1.13 bits per heavy atom. The van der Waals surface area contributed by atoms with E-state index in [2.05, 4.69) is 16.8 Å². The van der Waals surface area contributed by atoms with Crippen molar-refractivity contribution in [2.45, 2.75) is 37.8 Å². The Labute approximate surface area is 184 Å². The van der Waals surface area contributed by atoms with Gasteiger partial charge in [-0.15, -0.1) is 11.3 Å². The fraction of sp³-hybridized carbons (Fsp3) is 0.409. The number of benzene rings is 1. The number of ether oxygens (including phenoxy) is 2. The van der Waals surface area contributed by atoms with Crippen LogP contribution < -0.4 is 14.8 Å². The first kappa shape index (κ1) is 20.9. The fourth-order valence-corrected chi connectivity index (χ4v) is 5.43. The second-order valence-corrected chi connectivity index (χ2v) is 9.22. The highest BCUT2D eigenvalue weighted by Gasteiger charge is 2.38. The lowest BCUT2D eigenvalue weighted by atomic mass is 9.90. The van der Waals surface area contributed by atoms with Gasteiger partial charge in [-0.05, 0) is 49.3 Å². The number of hydrogen-bond donors (Lipinski definition) is 1. The van der Waals surface area contributed by atoms with Gasteiger partial charge in [0.05, 0.1) is 24.8 Å². The molecule has 6 nitrogen and oxygen atoms in total. The van der Waals surface area contributed by atoms with Crippen molar-refractivity contribution in [3.8, 4) is 11.5 Å². The van der Waals surface area contributed by atoms with Crippen molar-refractivity contribution in [1.82, 2.24) is 0 Å². The second-order valence-electron chi connectivity index (χ2n) is 7.30. The summed E-state index contributed by atoms with van der Waals surface area (Å²) in [6.07, 6.45) is 5.54. The van der Waals surface area contributed by atoms with Crippen molar-refractivity contribution in [3.63, 3.8) is 0 Å². The van der Waals surface area contributed by atoms with E-state index in [1.807, 2.05) is 6.07 Å². The minimum atomic E-state index is -0.320. The third kappa shape index (κ3) is 4.54. The lowest BCUT2D eigenvalue weighted by Gasteiger charge is -2.27. The van der Waals surface area contributed by atoms with Crippen LogP contribution in [0.2, 0.25) is 0 Å². The molecule has 30 heavy (non-hydrogen) atoms. The average Bonchev–Trinajstić information content (AvgIpc) is 3.41. The van der Waals surface area contributed by atoms with E-state index in [1.165, 1.54) is 18.2 Å². The van der Waals surface area contributed by atoms with Gasteiger partial charge in [0.15, 0.2) is 17.2 Å². The molecule has 2 heterocycles. The van der Waals surface area contributed by atoms with E-state index in [9.17, 15) is 4.79 Å². The number of aliphatic imine (C=N–C) groups is 2. The van der Waals surface area contributed by atoms with Crippen molar-refractivity contribution in [3.05, 3.63) is 40.6 Å². The zero-order valence-corrected chi connectivity index (χ0v) is 18.8. The Morgan fingerprint density at radius 2 is 1.93 bits per heavy atom. The van der Waals surface area contributed by atoms with Gasteiger partial charge in [-0.1, -0.05) is 24.2 Å². The first-order chi connectivity index (χ1) is 14.6. The molecule has 0 radical (unpaired) electrons. The molecule has 2 aromatic rings. The highest BCUT2D eigenvalue weighted by molar-refractivity contribution is 8.16. The van der Waals surface area contributed by atoms with Gasteiger partial charge >= 0.3 is 0 Å². The molecular formula is C22H25N3O3S2. The Hall–Kier alpha value is -2.32. The SMILES string of the molecule is COc1ccc(NC(=O)CSC2=NC3(CCCCC3)N=C2c2cccs2)cc1OC. The molecule has 1 aromatic heterocycles. The highest BCUT2D eigenvalue weighted by atomic mass is 32.2. The lowest BCUT2D eigenvalue weighted by Crippen LogP contribution is -2.25. The number of rotatable bonds is 6. The van der Waals surface area contributed by atoms with Crippen LogP contribution in [0.1, 0.15) is 37.0 Å². The number of hydrogen-bond acceptors (Lipinski definition) is 7. The third-order valence-electron chi connectivity index (χ3n) is 5.25. The number of thioether (sulfide) groups is 1. The molecule has 1 spiro atoms. The van der Waals surface area contributed by atoms with E-state index in [4.69, 9.17) is 19.5 Å². The average molecular weight is 444 g/mol. The molecule has 1 saturated carbocycles. The van der Waals surface area contributed by atoms with Crippen LogP contribution in [-0.4, -0.2) is 42.3 Å². The molecule has 1 amide bonds. The normalized spacial score (nSPS) is 17.4. The monoisotopic (exact) mass is 443 g/mol. The Balaban J connectivity index is 1.44. The Morgan fingerprint density at radius 3 is 2.63 bits per heavy atom. The summed E-state index contributed by atoms with van der Waals surface area (Å²) in [5.74, 6) is 1.38. The van der Waals surface area contributed by atoms with Crippen LogP contribution in [-0.2, 0) is 4.79 Å². The smallest absolute Gasteiger partial charge is 0.234 e. The van der Waals surface area contributed by atoms with Crippen LogP contribution in [0.15, 0.2) is 45.7 Å². The van der Waals surface area contributed by atoms with Crippen molar-refractivity contribution in [2.75, 3.05) is 25.3 Å². The number of thiophene rings is 1. The second kappa shape index (κ2) is 9.22. The zero-order valence-electron chi connectivity index (χ0n) is 17.1. The predicted octanol–water partition coefficient (Wildman–Crippen LogP) is 5.00. The maximum atomic E-state index is 12.6. The fourth-order valence-electron chi connectivity index (χ4n) is 3.78. The van der Waals surface area contributed by atoms with E-state index >= 15 is 0 Å². The van der Waals surface area contributed by atoms with Gasteiger partial charge in [0.1, 0.15) is 10.8 Å². The molecule has 1 aliphatic heterocycles. The molecule has 1 fully saturated rings. The summed E-state index contributed by atoms with van der Waals surface area (Å²) in [6, 6.07) is 9.43. The Kier molecular flexibility index (Phi) is 6.43. The standard InChI is InChI=1S/C22H25N3O3S2/c1-27-16-9-8-15(13-17(16)28-2)23-19(26)14-30-21-20(18-7-6-12-29-18)24-22(25-21)10-4-3-5-11-22/h6-9,12-13H,3-5,10-11,14H2,1-2H3,(H,23,26). The van der Waals surface area contributed by atoms with E-state index < -0.39 is 0 Å². The Bertz CT molecular complexity index is 964. The number of nitrogens with zero attached hydrogens (tertiary/aromatic N) is 2. The zero-order chi connectivity index (χ0) is 21.0. The number of carbonyl (C=O) groups excluding carboxylic acids is 1. The maximum Gasteiger partial charge on any atom is 0.234 e. The van der Waals surface area contributed by atoms with Crippen molar-refractivity contribution < 1.29 is 14.3 Å². The van der Waals surface area contributed by atoms with Gasteiger partial charge in [0.25, 0.3) is 0 Å². The minimum Gasteiger partial charge on any atom is -0.493 e. The first-order valence-corrected chi connectivity index (χ1v) is 11.9. The summed E-state index contributed by atoms with van der Waals surface area (Å²) in [6.45, 7) is 0. The molecule has 1 aliphatic carbocycles. The molecule has 1 N–H and O–H groups in total. The van der Waals surface area contributed by atoms with E-state index in [0.717, 1.165) is 41.3 Å². The van der Waals surface area contributed by atoms with Crippen molar-refractivity contribution in [1.29, 1.82) is 0 Å². The number of carbonyl (C=O) groups is 1. The lowest BCUT2D eigenvalue weighted by molar-refractivity contribution is -0.113. The largest absolute Gasteiger partial charge is 0.493 e. The van der Waals surface area contributed by atoms with Crippen LogP contribution in [0.3, 0.4) is 0 Å². The summed E-state index contributed by atoms with van der Waals surface area (Å²) in [5, 5.41) is 5.85. The molecule has 8 heteroatoms. The van der Waals surface area contributed by atoms with Crippen LogP contribution in [0.5, 0.6) is 11.5 Å². The topological polar surface area (TPSA) is 72.3 Å². The summed E-state index contributed by atoms with van der Waals surface area (Å²) in [7, 11) is 3.16. The van der Waals surface area contributed by atoms with Gasteiger partial charge in [0, 0.05) is 11.8 Å².